The van der Waals surface area contributed by atoms with Crippen LogP contribution in [0.2, 0.25) is 0 Å². The second-order valence-electron chi connectivity index (χ2n) is 4.61. The van der Waals surface area contributed by atoms with Crippen LogP contribution in [0.3, 0.4) is 0 Å². The minimum atomic E-state index is 0.516. The van der Waals surface area contributed by atoms with Crippen molar-refractivity contribution in [2.45, 2.75) is 57.5 Å². The maximum atomic E-state index is 3.81. The molecule has 0 atom stereocenters. The third kappa shape index (κ3) is 2.14. The lowest BCUT2D eigenvalue weighted by Crippen LogP contribution is -2.54. The Hall–Kier alpha value is -0.300. The first-order valence-corrected chi connectivity index (χ1v) is 5.46. The predicted octanol–water partition coefficient (Wildman–Crippen LogP) is 3.22. The van der Waals surface area contributed by atoms with Crippen LogP contribution in [0, 0.1) is 0 Å². The Balaban J connectivity index is 2.52. The van der Waals surface area contributed by atoms with Crippen LogP contribution in [-0.2, 0) is 0 Å². The highest BCUT2D eigenvalue weighted by molar-refractivity contribution is 4.98. The van der Waals surface area contributed by atoms with Gasteiger partial charge in [-0.05, 0) is 53.0 Å². The number of hydrogen-bond acceptors (Lipinski definition) is 1. The zero-order valence-corrected chi connectivity index (χ0v) is 9.34. The van der Waals surface area contributed by atoms with Gasteiger partial charge in [0.05, 0.1) is 0 Å². The van der Waals surface area contributed by atoms with Crippen LogP contribution in [0.5, 0.6) is 0 Å². The first kappa shape index (κ1) is 10.8. The molecule has 0 aromatic carbocycles. The van der Waals surface area contributed by atoms with Crippen molar-refractivity contribution in [3.63, 3.8) is 0 Å². The maximum absolute atomic E-state index is 3.81. The number of nitrogens with zero attached hydrogens (tertiary/aromatic N) is 1. The average Bonchev–Trinajstić information content (AvgIpc) is 2.02. The summed E-state index contributed by atoms with van der Waals surface area (Å²) in [6, 6.07) is 0.671. The smallest absolute Gasteiger partial charge is 0.0212 e. The van der Waals surface area contributed by atoms with Crippen LogP contribution < -0.4 is 0 Å². The van der Waals surface area contributed by atoms with E-state index in [-0.39, 0.29) is 0 Å². The molecule has 0 heterocycles. The van der Waals surface area contributed by atoms with E-state index in [1.54, 1.807) is 0 Å². The summed E-state index contributed by atoms with van der Waals surface area (Å²) in [4.78, 5) is 2.56. The van der Waals surface area contributed by atoms with E-state index in [1.807, 2.05) is 6.08 Å². The fourth-order valence-electron chi connectivity index (χ4n) is 2.28. The molecule has 0 aliphatic heterocycles. The summed E-state index contributed by atoms with van der Waals surface area (Å²) < 4.78 is 0. The molecule has 0 aromatic rings. The van der Waals surface area contributed by atoms with E-state index in [2.05, 4.69) is 32.4 Å². The monoisotopic (exact) mass is 181 g/mol. The van der Waals surface area contributed by atoms with Gasteiger partial charge in [0, 0.05) is 11.6 Å². The van der Waals surface area contributed by atoms with Gasteiger partial charge in [0.2, 0.25) is 0 Å². The van der Waals surface area contributed by atoms with Crippen molar-refractivity contribution in [1.29, 1.82) is 0 Å². The van der Waals surface area contributed by atoms with Crippen LogP contribution in [0.4, 0.5) is 0 Å². The summed E-state index contributed by atoms with van der Waals surface area (Å²) in [5, 5.41) is 0. The molecule has 0 aromatic heterocycles. The van der Waals surface area contributed by atoms with E-state index in [9.17, 15) is 0 Å². The first-order chi connectivity index (χ1) is 6.12. The molecule has 0 radical (unpaired) electrons. The normalized spacial score (nSPS) is 20.4. The number of hydrogen-bond donors (Lipinski definition) is 0. The standard InChI is InChI=1S/C12H23N/c1-5-6-8-12(9-7-10-12)13(4)11(2)3/h5,11H,1,6-10H2,2-4H3. The fraction of sp³-hybridized carbons (Fsp3) is 0.833. The van der Waals surface area contributed by atoms with E-state index in [0.717, 1.165) is 6.42 Å². The number of allylic oxidation sites excluding steroid dienone is 1. The molecule has 0 N–H and O–H groups in total. The molecular formula is C12H23N. The lowest BCUT2D eigenvalue weighted by atomic mass is 9.72. The van der Waals surface area contributed by atoms with Crippen molar-refractivity contribution < 1.29 is 0 Å². The molecule has 76 valence electrons. The third-order valence-corrected chi connectivity index (χ3v) is 3.62. The van der Waals surface area contributed by atoms with Gasteiger partial charge >= 0.3 is 0 Å². The third-order valence-electron chi connectivity index (χ3n) is 3.62. The van der Waals surface area contributed by atoms with Crippen LogP contribution in [0.1, 0.15) is 46.0 Å². The Morgan fingerprint density at radius 1 is 1.46 bits per heavy atom. The Kier molecular flexibility index (Phi) is 3.55. The van der Waals surface area contributed by atoms with Crippen molar-refractivity contribution in [1.82, 2.24) is 4.90 Å². The van der Waals surface area contributed by atoms with Gasteiger partial charge in [0.1, 0.15) is 0 Å². The lowest BCUT2D eigenvalue weighted by Gasteiger charge is -2.51. The number of rotatable bonds is 5. The summed E-state index contributed by atoms with van der Waals surface area (Å²) in [6.07, 6.45) is 8.69. The Morgan fingerprint density at radius 3 is 2.38 bits per heavy atom. The minimum absolute atomic E-state index is 0.516. The zero-order chi connectivity index (χ0) is 9.90. The van der Waals surface area contributed by atoms with Gasteiger partial charge in [0.25, 0.3) is 0 Å². The van der Waals surface area contributed by atoms with Gasteiger partial charge in [-0.3, -0.25) is 4.90 Å². The summed E-state index contributed by atoms with van der Waals surface area (Å²) in [5.41, 5.74) is 0.516. The summed E-state index contributed by atoms with van der Waals surface area (Å²) in [6.45, 7) is 8.38. The molecular weight excluding hydrogens is 158 g/mol. The molecule has 0 amide bonds. The van der Waals surface area contributed by atoms with Crippen molar-refractivity contribution in [2.75, 3.05) is 7.05 Å². The largest absolute Gasteiger partial charge is 0.298 e. The first-order valence-electron chi connectivity index (χ1n) is 5.46. The molecule has 0 saturated heterocycles. The van der Waals surface area contributed by atoms with Crippen molar-refractivity contribution in [3.05, 3.63) is 12.7 Å². The van der Waals surface area contributed by atoms with E-state index in [4.69, 9.17) is 0 Å². The van der Waals surface area contributed by atoms with Crippen LogP contribution in [0.25, 0.3) is 0 Å². The Morgan fingerprint density at radius 2 is 2.08 bits per heavy atom. The van der Waals surface area contributed by atoms with Crippen molar-refractivity contribution >= 4 is 0 Å². The molecule has 13 heavy (non-hydrogen) atoms. The minimum Gasteiger partial charge on any atom is -0.298 e. The van der Waals surface area contributed by atoms with Gasteiger partial charge in [-0.25, -0.2) is 0 Å². The molecule has 1 aliphatic rings. The van der Waals surface area contributed by atoms with E-state index in [1.165, 1.54) is 25.7 Å². The molecule has 0 bridgehead atoms. The van der Waals surface area contributed by atoms with Crippen molar-refractivity contribution in [3.8, 4) is 0 Å². The average molecular weight is 181 g/mol. The fourth-order valence-corrected chi connectivity index (χ4v) is 2.28. The van der Waals surface area contributed by atoms with E-state index < -0.39 is 0 Å². The molecule has 1 rings (SSSR count). The Labute approximate surface area is 82.8 Å². The highest BCUT2D eigenvalue weighted by atomic mass is 15.2. The molecule has 1 heteroatoms. The molecule has 0 unspecified atom stereocenters. The highest BCUT2D eigenvalue weighted by Crippen LogP contribution is 2.41. The van der Waals surface area contributed by atoms with Gasteiger partial charge in [0.15, 0.2) is 0 Å². The van der Waals surface area contributed by atoms with Gasteiger partial charge < -0.3 is 0 Å². The summed E-state index contributed by atoms with van der Waals surface area (Å²) in [5.74, 6) is 0. The molecule has 1 aliphatic carbocycles. The van der Waals surface area contributed by atoms with Crippen LogP contribution in [0.15, 0.2) is 12.7 Å². The SMILES string of the molecule is C=CCCC1(N(C)C(C)C)CCC1. The summed E-state index contributed by atoms with van der Waals surface area (Å²) >= 11 is 0. The molecule has 1 nitrogen and oxygen atoms in total. The maximum Gasteiger partial charge on any atom is 0.0212 e. The molecule has 0 spiro atoms. The second-order valence-corrected chi connectivity index (χ2v) is 4.61. The van der Waals surface area contributed by atoms with Crippen LogP contribution in [-0.4, -0.2) is 23.5 Å². The van der Waals surface area contributed by atoms with Gasteiger partial charge in [-0.15, -0.1) is 6.58 Å². The summed E-state index contributed by atoms with van der Waals surface area (Å²) in [7, 11) is 2.27. The van der Waals surface area contributed by atoms with E-state index in [0.29, 0.717) is 11.6 Å². The molecule has 1 saturated carbocycles. The van der Waals surface area contributed by atoms with E-state index >= 15 is 0 Å². The van der Waals surface area contributed by atoms with Gasteiger partial charge in [-0.2, -0.15) is 0 Å². The topological polar surface area (TPSA) is 3.24 Å². The van der Waals surface area contributed by atoms with Crippen LogP contribution >= 0.6 is 0 Å². The quantitative estimate of drug-likeness (QED) is 0.589. The highest BCUT2D eigenvalue weighted by Gasteiger charge is 2.40. The zero-order valence-electron chi connectivity index (χ0n) is 9.34. The van der Waals surface area contributed by atoms with Crippen molar-refractivity contribution in [2.24, 2.45) is 0 Å². The predicted molar refractivity (Wildman–Crippen MR) is 58.9 cm³/mol. The second kappa shape index (κ2) is 4.28. The van der Waals surface area contributed by atoms with Gasteiger partial charge in [-0.1, -0.05) is 6.08 Å². The Bertz CT molecular complexity index is 168. The lowest BCUT2D eigenvalue weighted by molar-refractivity contribution is 0.00817. The molecule has 1 fully saturated rings.